The molecule has 0 unspecified atom stereocenters. The SMILES string of the molecule is CCOCCCN(CCC(=O)OC)C(=O)c1ccccc1. The fourth-order valence-corrected chi connectivity index (χ4v) is 1.91. The Morgan fingerprint density at radius 2 is 1.86 bits per heavy atom. The van der Waals surface area contributed by atoms with Crippen molar-refractivity contribution in [1.82, 2.24) is 4.90 Å². The predicted molar refractivity (Wildman–Crippen MR) is 80.1 cm³/mol. The number of rotatable bonds is 9. The molecule has 0 radical (unpaired) electrons. The lowest BCUT2D eigenvalue weighted by Gasteiger charge is -2.22. The highest BCUT2D eigenvalue weighted by Gasteiger charge is 2.16. The number of hydrogen-bond acceptors (Lipinski definition) is 4. The van der Waals surface area contributed by atoms with E-state index in [1.807, 2.05) is 25.1 Å². The molecular formula is C16H23NO4. The van der Waals surface area contributed by atoms with Crippen LogP contribution in [0.15, 0.2) is 30.3 Å². The summed E-state index contributed by atoms with van der Waals surface area (Å²) in [5.41, 5.74) is 0.624. The molecular weight excluding hydrogens is 270 g/mol. The molecule has 0 aliphatic carbocycles. The first-order valence-corrected chi connectivity index (χ1v) is 7.18. The first-order chi connectivity index (χ1) is 10.2. The molecule has 0 aliphatic heterocycles. The van der Waals surface area contributed by atoms with E-state index in [-0.39, 0.29) is 18.3 Å². The summed E-state index contributed by atoms with van der Waals surface area (Å²) in [5, 5.41) is 0. The molecule has 0 saturated carbocycles. The topological polar surface area (TPSA) is 55.8 Å². The summed E-state index contributed by atoms with van der Waals surface area (Å²) in [6.07, 6.45) is 0.942. The summed E-state index contributed by atoms with van der Waals surface area (Å²) in [4.78, 5) is 25.4. The number of amides is 1. The Bertz CT molecular complexity index is 433. The molecule has 5 nitrogen and oxygen atoms in total. The highest BCUT2D eigenvalue weighted by atomic mass is 16.5. The van der Waals surface area contributed by atoms with Gasteiger partial charge < -0.3 is 14.4 Å². The fraction of sp³-hybridized carbons (Fsp3) is 0.500. The summed E-state index contributed by atoms with van der Waals surface area (Å²) >= 11 is 0. The molecule has 5 heteroatoms. The molecule has 0 spiro atoms. The van der Waals surface area contributed by atoms with Crippen molar-refractivity contribution in [2.75, 3.05) is 33.4 Å². The van der Waals surface area contributed by atoms with Gasteiger partial charge in [0.25, 0.3) is 5.91 Å². The number of nitrogens with zero attached hydrogens (tertiary/aromatic N) is 1. The summed E-state index contributed by atoms with van der Waals surface area (Å²) in [7, 11) is 1.35. The third-order valence-corrected chi connectivity index (χ3v) is 3.04. The predicted octanol–water partition coefficient (Wildman–Crippen LogP) is 2.12. The molecule has 1 rings (SSSR count). The van der Waals surface area contributed by atoms with E-state index >= 15 is 0 Å². The van der Waals surface area contributed by atoms with Crippen LogP contribution in [0.2, 0.25) is 0 Å². The average molecular weight is 293 g/mol. The third-order valence-electron chi connectivity index (χ3n) is 3.04. The Morgan fingerprint density at radius 3 is 2.48 bits per heavy atom. The van der Waals surface area contributed by atoms with Crippen molar-refractivity contribution in [3.63, 3.8) is 0 Å². The van der Waals surface area contributed by atoms with Crippen LogP contribution in [0.3, 0.4) is 0 Å². The van der Waals surface area contributed by atoms with Crippen molar-refractivity contribution >= 4 is 11.9 Å². The summed E-state index contributed by atoms with van der Waals surface area (Å²) in [6.45, 7) is 4.11. The van der Waals surface area contributed by atoms with Gasteiger partial charge in [-0.05, 0) is 25.5 Å². The van der Waals surface area contributed by atoms with Gasteiger partial charge in [0, 0.05) is 31.9 Å². The second-order valence-corrected chi connectivity index (χ2v) is 4.53. The van der Waals surface area contributed by atoms with Gasteiger partial charge in [0.2, 0.25) is 0 Å². The Labute approximate surface area is 125 Å². The van der Waals surface area contributed by atoms with Gasteiger partial charge in [-0.2, -0.15) is 0 Å². The second-order valence-electron chi connectivity index (χ2n) is 4.53. The largest absolute Gasteiger partial charge is 0.469 e. The summed E-state index contributed by atoms with van der Waals surface area (Å²) in [6, 6.07) is 9.06. The Hall–Kier alpha value is -1.88. The Kier molecular flexibility index (Phi) is 8.12. The van der Waals surface area contributed by atoms with Crippen molar-refractivity contribution in [3.8, 4) is 0 Å². The highest BCUT2D eigenvalue weighted by molar-refractivity contribution is 5.94. The number of methoxy groups -OCH3 is 1. The normalized spacial score (nSPS) is 10.2. The molecule has 0 bridgehead atoms. The molecule has 0 N–H and O–H groups in total. The monoisotopic (exact) mass is 293 g/mol. The highest BCUT2D eigenvalue weighted by Crippen LogP contribution is 2.07. The van der Waals surface area contributed by atoms with Gasteiger partial charge in [0.05, 0.1) is 13.5 Å². The van der Waals surface area contributed by atoms with E-state index in [9.17, 15) is 9.59 Å². The number of hydrogen-bond donors (Lipinski definition) is 0. The molecule has 0 aromatic heterocycles. The van der Waals surface area contributed by atoms with Crippen LogP contribution in [0.5, 0.6) is 0 Å². The molecule has 21 heavy (non-hydrogen) atoms. The zero-order valence-corrected chi connectivity index (χ0v) is 12.7. The molecule has 0 heterocycles. The van der Waals surface area contributed by atoms with Crippen molar-refractivity contribution in [3.05, 3.63) is 35.9 Å². The molecule has 1 aromatic carbocycles. The van der Waals surface area contributed by atoms with Crippen LogP contribution in [0.25, 0.3) is 0 Å². The molecule has 1 aromatic rings. The maximum Gasteiger partial charge on any atom is 0.307 e. The minimum atomic E-state index is -0.314. The lowest BCUT2D eigenvalue weighted by molar-refractivity contribution is -0.140. The van der Waals surface area contributed by atoms with Gasteiger partial charge in [-0.25, -0.2) is 0 Å². The van der Waals surface area contributed by atoms with Crippen LogP contribution in [0.4, 0.5) is 0 Å². The van der Waals surface area contributed by atoms with Crippen LogP contribution in [0.1, 0.15) is 30.1 Å². The minimum Gasteiger partial charge on any atom is -0.469 e. The molecule has 0 fully saturated rings. The van der Waals surface area contributed by atoms with Gasteiger partial charge in [-0.1, -0.05) is 18.2 Å². The number of carbonyl (C=O) groups excluding carboxylic acids is 2. The molecule has 0 saturated heterocycles. The molecule has 0 atom stereocenters. The van der Waals surface area contributed by atoms with Crippen molar-refractivity contribution in [1.29, 1.82) is 0 Å². The van der Waals surface area contributed by atoms with Crippen LogP contribution in [-0.4, -0.2) is 50.2 Å². The zero-order chi connectivity index (χ0) is 15.5. The van der Waals surface area contributed by atoms with E-state index in [4.69, 9.17) is 4.74 Å². The molecule has 1 amide bonds. The van der Waals surface area contributed by atoms with Gasteiger partial charge >= 0.3 is 5.97 Å². The van der Waals surface area contributed by atoms with E-state index in [0.717, 1.165) is 6.42 Å². The number of esters is 1. The smallest absolute Gasteiger partial charge is 0.307 e. The van der Waals surface area contributed by atoms with Gasteiger partial charge in [0.15, 0.2) is 0 Å². The molecule has 0 aliphatic rings. The van der Waals surface area contributed by atoms with Crippen molar-refractivity contribution < 1.29 is 19.1 Å². The maximum absolute atomic E-state index is 12.4. The van der Waals surface area contributed by atoms with Crippen molar-refractivity contribution in [2.24, 2.45) is 0 Å². The lowest BCUT2D eigenvalue weighted by atomic mass is 10.2. The van der Waals surface area contributed by atoms with E-state index in [2.05, 4.69) is 4.74 Å². The van der Waals surface area contributed by atoms with E-state index in [1.54, 1.807) is 17.0 Å². The first kappa shape index (κ1) is 17.2. The average Bonchev–Trinajstić information content (AvgIpc) is 2.54. The number of carbonyl (C=O) groups is 2. The molecule has 116 valence electrons. The van der Waals surface area contributed by atoms with E-state index in [0.29, 0.717) is 31.9 Å². The zero-order valence-electron chi connectivity index (χ0n) is 12.7. The fourth-order valence-electron chi connectivity index (χ4n) is 1.91. The second kappa shape index (κ2) is 9.94. The van der Waals surface area contributed by atoms with Crippen LogP contribution >= 0.6 is 0 Å². The third kappa shape index (κ3) is 6.40. The van der Waals surface area contributed by atoms with Gasteiger partial charge in [0.1, 0.15) is 0 Å². The summed E-state index contributed by atoms with van der Waals surface area (Å²) < 4.78 is 9.91. The minimum absolute atomic E-state index is 0.0731. The number of benzene rings is 1. The quantitative estimate of drug-likeness (QED) is 0.517. The van der Waals surface area contributed by atoms with Gasteiger partial charge in [-0.3, -0.25) is 9.59 Å². The Balaban J connectivity index is 2.61. The first-order valence-electron chi connectivity index (χ1n) is 7.18. The van der Waals surface area contributed by atoms with Crippen LogP contribution in [-0.2, 0) is 14.3 Å². The Morgan fingerprint density at radius 1 is 1.14 bits per heavy atom. The standard InChI is InChI=1S/C16H23NO4/c1-3-21-13-7-11-17(12-10-15(18)20-2)16(19)14-8-5-4-6-9-14/h4-6,8-9H,3,7,10-13H2,1-2H3. The maximum atomic E-state index is 12.4. The van der Waals surface area contributed by atoms with E-state index < -0.39 is 0 Å². The van der Waals surface area contributed by atoms with E-state index in [1.165, 1.54) is 7.11 Å². The van der Waals surface area contributed by atoms with Crippen molar-refractivity contribution in [2.45, 2.75) is 19.8 Å². The lowest BCUT2D eigenvalue weighted by Crippen LogP contribution is -2.34. The van der Waals surface area contributed by atoms with Crippen LogP contribution < -0.4 is 0 Å². The van der Waals surface area contributed by atoms with Crippen LogP contribution in [0, 0.1) is 0 Å². The van der Waals surface area contributed by atoms with Gasteiger partial charge in [-0.15, -0.1) is 0 Å². The summed E-state index contributed by atoms with van der Waals surface area (Å²) in [5.74, 6) is -0.387. The number of ether oxygens (including phenoxy) is 2.